The fourth-order valence-electron chi connectivity index (χ4n) is 3.72. The summed E-state index contributed by atoms with van der Waals surface area (Å²) in [6.07, 6.45) is 6.36. The highest BCUT2D eigenvalue weighted by Gasteiger charge is 2.42. The van der Waals surface area contributed by atoms with Gasteiger partial charge in [-0.2, -0.15) is 0 Å². The Morgan fingerprint density at radius 2 is 1.84 bits per heavy atom. The zero-order chi connectivity index (χ0) is 22.5. The predicted molar refractivity (Wildman–Crippen MR) is 121 cm³/mol. The molecular formula is C26H22N2O4. The van der Waals surface area contributed by atoms with Crippen LogP contribution in [0.5, 0.6) is 5.75 Å². The van der Waals surface area contributed by atoms with Gasteiger partial charge < -0.3 is 14.7 Å². The Balaban J connectivity index is 1.72. The van der Waals surface area contributed by atoms with Crippen LogP contribution in [-0.4, -0.2) is 33.8 Å². The molecule has 0 aliphatic carbocycles. The molecule has 1 amide bonds. The number of hydrogen-bond acceptors (Lipinski definition) is 5. The first-order chi connectivity index (χ1) is 15.6. The summed E-state index contributed by atoms with van der Waals surface area (Å²) in [6.45, 7) is 0.201. The number of aliphatic hydroxyl groups is 1. The van der Waals surface area contributed by atoms with Gasteiger partial charge in [0.1, 0.15) is 5.75 Å². The number of aromatic nitrogens is 1. The number of aliphatic hydroxyl groups excluding tert-OH is 1. The quantitative estimate of drug-likeness (QED) is 0.571. The molecule has 160 valence electrons. The SMILES string of the molecule is COc1ccc(C2C(C(=O)C=Cc3ccccc3)=C(O)C(=O)N2Cc2cccnc2)cc1. The number of amides is 1. The summed E-state index contributed by atoms with van der Waals surface area (Å²) >= 11 is 0. The molecule has 1 aliphatic heterocycles. The zero-order valence-corrected chi connectivity index (χ0v) is 17.5. The fourth-order valence-corrected chi connectivity index (χ4v) is 3.72. The van der Waals surface area contributed by atoms with Crippen molar-refractivity contribution in [2.75, 3.05) is 7.11 Å². The van der Waals surface area contributed by atoms with Gasteiger partial charge in [-0.3, -0.25) is 14.6 Å². The predicted octanol–water partition coefficient (Wildman–Crippen LogP) is 4.27. The third-order valence-electron chi connectivity index (χ3n) is 5.30. The Labute approximate surface area is 186 Å². The van der Waals surface area contributed by atoms with Crippen molar-refractivity contribution < 1.29 is 19.4 Å². The van der Waals surface area contributed by atoms with Gasteiger partial charge in [-0.05, 0) is 41.0 Å². The van der Waals surface area contributed by atoms with Gasteiger partial charge in [-0.15, -0.1) is 0 Å². The molecule has 0 spiro atoms. The van der Waals surface area contributed by atoms with Crippen molar-refractivity contribution >= 4 is 17.8 Å². The van der Waals surface area contributed by atoms with Crippen molar-refractivity contribution in [2.45, 2.75) is 12.6 Å². The second-order valence-corrected chi connectivity index (χ2v) is 7.34. The lowest BCUT2D eigenvalue weighted by Gasteiger charge is -2.26. The molecule has 1 aliphatic rings. The van der Waals surface area contributed by atoms with E-state index in [-0.39, 0.29) is 12.1 Å². The number of rotatable bonds is 7. The molecule has 6 heteroatoms. The van der Waals surface area contributed by atoms with Gasteiger partial charge in [0.25, 0.3) is 5.91 Å². The van der Waals surface area contributed by atoms with Gasteiger partial charge in [0, 0.05) is 18.9 Å². The summed E-state index contributed by atoms with van der Waals surface area (Å²) in [5.74, 6) is -0.889. The molecule has 32 heavy (non-hydrogen) atoms. The summed E-state index contributed by atoms with van der Waals surface area (Å²) in [6, 6.07) is 19.4. The summed E-state index contributed by atoms with van der Waals surface area (Å²) < 4.78 is 5.23. The monoisotopic (exact) mass is 426 g/mol. The van der Waals surface area contributed by atoms with Crippen LogP contribution < -0.4 is 4.74 Å². The average Bonchev–Trinajstić information content (AvgIpc) is 3.09. The van der Waals surface area contributed by atoms with Gasteiger partial charge in [0.2, 0.25) is 0 Å². The van der Waals surface area contributed by atoms with Gasteiger partial charge >= 0.3 is 0 Å². The number of allylic oxidation sites excluding steroid dienone is 1. The van der Waals surface area contributed by atoms with Gasteiger partial charge in [-0.1, -0.05) is 54.6 Å². The van der Waals surface area contributed by atoms with E-state index in [1.807, 2.05) is 36.4 Å². The smallest absolute Gasteiger partial charge is 0.290 e. The van der Waals surface area contributed by atoms with Gasteiger partial charge in [0.15, 0.2) is 11.5 Å². The minimum Gasteiger partial charge on any atom is -0.503 e. The third kappa shape index (κ3) is 4.30. The number of benzene rings is 2. The number of ether oxygens (including phenoxy) is 1. The van der Waals surface area contributed by atoms with Crippen LogP contribution >= 0.6 is 0 Å². The van der Waals surface area contributed by atoms with Crippen LogP contribution in [0.25, 0.3) is 6.08 Å². The second kappa shape index (κ2) is 9.31. The first-order valence-electron chi connectivity index (χ1n) is 10.1. The molecule has 0 saturated heterocycles. The topological polar surface area (TPSA) is 79.7 Å². The summed E-state index contributed by atoms with van der Waals surface area (Å²) in [4.78, 5) is 31.7. The van der Waals surface area contributed by atoms with E-state index in [1.165, 1.54) is 11.0 Å². The van der Waals surface area contributed by atoms with E-state index in [2.05, 4.69) is 4.98 Å². The zero-order valence-electron chi connectivity index (χ0n) is 17.5. The van der Waals surface area contributed by atoms with Crippen LogP contribution in [0.1, 0.15) is 22.7 Å². The molecule has 4 rings (SSSR count). The minimum absolute atomic E-state index is 0.0521. The Morgan fingerprint density at radius 1 is 1.09 bits per heavy atom. The Hall–Kier alpha value is -4.19. The Morgan fingerprint density at radius 3 is 2.50 bits per heavy atom. The van der Waals surface area contributed by atoms with E-state index < -0.39 is 23.5 Å². The Kier molecular flexibility index (Phi) is 6.12. The van der Waals surface area contributed by atoms with Crippen LogP contribution in [0.2, 0.25) is 0 Å². The molecule has 0 saturated carbocycles. The summed E-state index contributed by atoms with van der Waals surface area (Å²) in [7, 11) is 1.57. The molecule has 1 unspecified atom stereocenters. The van der Waals surface area contributed by atoms with Gasteiger partial charge in [-0.25, -0.2) is 0 Å². The third-order valence-corrected chi connectivity index (χ3v) is 5.30. The highest BCUT2D eigenvalue weighted by molar-refractivity contribution is 6.14. The van der Waals surface area contributed by atoms with Crippen molar-refractivity contribution in [2.24, 2.45) is 0 Å². The molecule has 0 bridgehead atoms. The van der Waals surface area contributed by atoms with E-state index in [0.29, 0.717) is 11.3 Å². The molecule has 3 aromatic rings. The van der Waals surface area contributed by atoms with Crippen molar-refractivity contribution in [3.8, 4) is 5.75 Å². The fraction of sp³-hybridized carbons (Fsp3) is 0.115. The normalized spacial score (nSPS) is 16.1. The van der Waals surface area contributed by atoms with E-state index in [1.54, 1.807) is 55.9 Å². The highest BCUT2D eigenvalue weighted by atomic mass is 16.5. The van der Waals surface area contributed by atoms with Crippen LogP contribution in [-0.2, 0) is 16.1 Å². The van der Waals surface area contributed by atoms with Crippen LogP contribution in [0, 0.1) is 0 Å². The molecule has 6 nitrogen and oxygen atoms in total. The van der Waals surface area contributed by atoms with E-state index >= 15 is 0 Å². The maximum Gasteiger partial charge on any atom is 0.290 e. The number of carbonyl (C=O) groups excluding carboxylic acids is 2. The first-order valence-corrected chi connectivity index (χ1v) is 10.1. The number of carbonyl (C=O) groups is 2. The van der Waals surface area contributed by atoms with E-state index in [0.717, 1.165) is 11.1 Å². The number of pyridine rings is 1. The van der Waals surface area contributed by atoms with Crippen molar-refractivity contribution in [3.05, 3.63) is 113 Å². The number of methoxy groups -OCH3 is 1. The Bertz CT molecular complexity index is 1170. The lowest BCUT2D eigenvalue weighted by molar-refractivity contribution is -0.130. The second-order valence-electron chi connectivity index (χ2n) is 7.34. The van der Waals surface area contributed by atoms with E-state index in [4.69, 9.17) is 4.74 Å². The molecule has 1 atom stereocenters. The molecule has 0 fully saturated rings. The number of nitrogens with zero attached hydrogens (tertiary/aromatic N) is 2. The first kappa shape index (κ1) is 21.1. The summed E-state index contributed by atoms with van der Waals surface area (Å²) in [5, 5.41) is 10.7. The molecule has 1 N–H and O–H groups in total. The van der Waals surface area contributed by atoms with Crippen LogP contribution in [0.3, 0.4) is 0 Å². The molecule has 1 aromatic heterocycles. The van der Waals surface area contributed by atoms with E-state index in [9.17, 15) is 14.7 Å². The standard InChI is InChI=1S/C26H22N2O4/c1-32-21-12-10-20(11-13-21)24-23(22(29)14-9-18-6-3-2-4-7-18)25(30)26(31)28(24)17-19-8-5-15-27-16-19/h2-16,24,30H,17H2,1H3. The average molecular weight is 426 g/mol. The summed E-state index contributed by atoms with van der Waals surface area (Å²) in [5.41, 5.74) is 2.39. The maximum atomic E-state index is 13.2. The van der Waals surface area contributed by atoms with Crippen LogP contribution in [0.4, 0.5) is 0 Å². The highest BCUT2D eigenvalue weighted by Crippen LogP contribution is 2.39. The molecule has 2 aromatic carbocycles. The van der Waals surface area contributed by atoms with Crippen molar-refractivity contribution in [1.82, 2.24) is 9.88 Å². The lowest BCUT2D eigenvalue weighted by atomic mass is 9.95. The minimum atomic E-state index is -0.735. The molecule has 0 radical (unpaired) electrons. The molecular weight excluding hydrogens is 404 g/mol. The molecule has 2 heterocycles. The van der Waals surface area contributed by atoms with Gasteiger partial charge in [0.05, 0.1) is 18.7 Å². The van der Waals surface area contributed by atoms with Crippen molar-refractivity contribution in [1.29, 1.82) is 0 Å². The van der Waals surface area contributed by atoms with Crippen LogP contribution in [0.15, 0.2) is 96.5 Å². The number of ketones is 1. The van der Waals surface area contributed by atoms with Crippen molar-refractivity contribution in [3.63, 3.8) is 0 Å². The maximum absolute atomic E-state index is 13.2. The largest absolute Gasteiger partial charge is 0.503 e. The lowest BCUT2D eigenvalue weighted by Crippen LogP contribution is -2.30. The number of hydrogen-bond donors (Lipinski definition) is 1.